The number of hydrogen-bond acceptors (Lipinski definition) is 5. The van der Waals surface area contributed by atoms with Crippen LogP contribution in [-0.4, -0.2) is 54.8 Å². The average Bonchev–Trinajstić information content (AvgIpc) is 3.03. The number of piperidine rings is 1. The van der Waals surface area contributed by atoms with Crippen molar-refractivity contribution in [3.05, 3.63) is 41.5 Å². The number of imide groups is 1. The van der Waals surface area contributed by atoms with Crippen LogP contribution >= 0.6 is 0 Å². The number of hydrogen-bond donors (Lipinski definition) is 2. The Bertz CT molecular complexity index is 850. The molecule has 28 heavy (non-hydrogen) atoms. The lowest BCUT2D eigenvalue weighted by molar-refractivity contribution is -0.136. The van der Waals surface area contributed by atoms with Gasteiger partial charge in [0.05, 0.1) is 0 Å². The summed E-state index contributed by atoms with van der Waals surface area (Å²) in [5, 5.41) is 5.74. The minimum Gasteiger partial charge on any atom is -0.370 e. The van der Waals surface area contributed by atoms with E-state index in [1.54, 1.807) is 4.90 Å². The smallest absolute Gasteiger partial charge is 0.255 e. The second-order valence-electron chi connectivity index (χ2n) is 7.76. The van der Waals surface area contributed by atoms with Gasteiger partial charge in [0, 0.05) is 43.3 Å². The van der Waals surface area contributed by atoms with Gasteiger partial charge in [0.2, 0.25) is 11.8 Å². The fourth-order valence-electron chi connectivity index (χ4n) is 4.51. The van der Waals surface area contributed by atoms with E-state index in [0.717, 1.165) is 24.1 Å². The normalized spacial score (nSPS) is 27.0. The van der Waals surface area contributed by atoms with Gasteiger partial charge in [0.15, 0.2) is 0 Å². The van der Waals surface area contributed by atoms with E-state index in [1.807, 2.05) is 19.2 Å². The first-order valence-corrected chi connectivity index (χ1v) is 9.82. The topological polar surface area (TPSA) is 81.8 Å². The van der Waals surface area contributed by atoms with Crippen molar-refractivity contribution in [2.24, 2.45) is 0 Å². The zero-order chi connectivity index (χ0) is 19.8. The summed E-state index contributed by atoms with van der Waals surface area (Å²) in [5.74, 6) is -0.775. The van der Waals surface area contributed by atoms with Crippen LogP contribution in [0.25, 0.3) is 0 Å². The lowest BCUT2D eigenvalue weighted by Gasteiger charge is -2.37. The fourth-order valence-corrected chi connectivity index (χ4v) is 4.51. The Hall–Kier alpha value is -2.67. The number of rotatable bonds is 4. The summed E-state index contributed by atoms with van der Waals surface area (Å²) in [6.07, 6.45) is 7.06. The second kappa shape index (κ2) is 7.39. The summed E-state index contributed by atoms with van der Waals surface area (Å²) in [6.45, 7) is 0.405. The minimum absolute atomic E-state index is 0.132. The van der Waals surface area contributed by atoms with Gasteiger partial charge in [0.1, 0.15) is 6.04 Å². The molecule has 3 atom stereocenters. The van der Waals surface area contributed by atoms with Gasteiger partial charge in [0.25, 0.3) is 5.91 Å². The van der Waals surface area contributed by atoms with E-state index >= 15 is 0 Å². The monoisotopic (exact) mass is 382 g/mol. The molecule has 148 valence electrons. The number of nitrogens with zero attached hydrogens (tertiary/aromatic N) is 2. The van der Waals surface area contributed by atoms with Crippen LogP contribution in [0.5, 0.6) is 0 Å². The summed E-state index contributed by atoms with van der Waals surface area (Å²) < 4.78 is 0. The van der Waals surface area contributed by atoms with E-state index < -0.39 is 6.04 Å². The molecule has 0 saturated carbocycles. The molecule has 1 saturated heterocycles. The number of nitrogens with one attached hydrogen (secondary N) is 2. The predicted octanol–water partition coefficient (Wildman–Crippen LogP) is 1.19. The first kappa shape index (κ1) is 18.7. The molecule has 0 radical (unpaired) electrons. The van der Waals surface area contributed by atoms with Crippen LogP contribution in [0.3, 0.4) is 0 Å². The van der Waals surface area contributed by atoms with Crippen molar-refractivity contribution in [3.63, 3.8) is 0 Å². The van der Waals surface area contributed by atoms with Crippen molar-refractivity contribution in [2.45, 2.75) is 50.4 Å². The van der Waals surface area contributed by atoms with E-state index in [-0.39, 0.29) is 24.1 Å². The van der Waals surface area contributed by atoms with Gasteiger partial charge >= 0.3 is 0 Å². The van der Waals surface area contributed by atoms with Crippen molar-refractivity contribution in [2.75, 3.05) is 19.0 Å². The highest BCUT2D eigenvalue weighted by Crippen LogP contribution is 2.32. The molecule has 0 spiro atoms. The molecule has 3 aliphatic rings. The van der Waals surface area contributed by atoms with Gasteiger partial charge in [-0.05, 0) is 50.1 Å². The number of carbonyl (C=O) groups excluding carboxylic acids is 3. The van der Waals surface area contributed by atoms with Crippen LogP contribution in [0.4, 0.5) is 5.69 Å². The Morgan fingerprint density at radius 3 is 2.71 bits per heavy atom. The molecule has 1 aromatic rings. The highest BCUT2D eigenvalue weighted by molar-refractivity contribution is 6.05. The van der Waals surface area contributed by atoms with Gasteiger partial charge < -0.3 is 15.1 Å². The lowest BCUT2D eigenvalue weighted by Crippen LogP contribution is -2.52. The van der Waals surface area contributed by atoms with E-state index in [1.165, 1.54) is 0 Å². The largest absolute Gasteiger partial charge is 0.370 e. The van der Waals surface area contributed by atoms with Crippen LogP contribution in [0.15, 0.2) is 30.4 Å². The summed E-state index contributed by atoms with van der Waals surface area (Å²) in [4.78, 5) is 40.3. The molecule has 7 heteroatoms. The van der Waals surface area contributed by atoms with Crippen molar-refractivity contribution < 1.29 is 14.4 Å². The molecule has 4 rings (SSSR count). The van der Waals surface area contributed by atoms with Gasteiger partial charge in [-0.1, -0.05) is 12.2 Å². The lowest BCUT2D eigenvalue weighted by atomic mass is 9.94. The van der Waals surface area contributed by atoms with Gasteiger partial charge in [-0.15, -0.1) is 0 Å². The molecule has 2 heterocycles. The molecular weight excluding hydrogens is 356 g/mol. The van der Waals surface area contributed by atoms with Crippen LogP contribution in [0.1, 0.15) is 41.6 Å². The molecule has 7 nitrogen and oxygen atoms in total. The van der Waals surface area contributed by atoms with E-state index in [2.05, 4.69) is 40.8 Å². The molecule has 2 aliphatic heterocycles. The summed E-state index contributed by atoms with van der Waals surface area (Å²) >= 11 is 0. The SMILES string of the molecule is CN[C@H]1CC=CC[C@@H]1N(C)c1ccc2c(c1)CN(C1CCC(=O)NC1=O)C2=O. The van der Waals surface area contributed by atoms with E-state index in [0.29, 0.717) is 30.6 Å². The fraction of sp³-hybridized carbons (Fsp3) is 0.476. The van der Waals surface area contributed by atoms with Crippen molar-refractivity contribution in [3.8, 4) is 0 Å². The molecular formula is C21H26N4O3. The number of benzene rings is 1. The average molecular weight is 382 g/mol. The third-order valence-electron chi connectivity index (χ3n) is 6.18. The number of carbonyl (C=O) groups is 3. The molecule has 0 bridgehead atoms. The quantitative estimate of drug-likeness (QED) is 0.604. The summed E-state index contributed by atoms with van der Waals surface area (Å²) in [6, 6.07) is 6.06. The maximum Gasteiger partial charge on any atom is 0.255 e. The van der Waals surface area contributed by atoms with Gasteiger partial charge in [-0.3, -0.25) is 19.7 Å². The summed E-state index contributed by atoms with van der Waals surface area (Å²) in [5.41, 5.74) is 2.65. The molecule has 1 unspecified atom stereocenters. The van der Waals surface area contributed by atoms with E-state index in [4.69, 9.17) is 0 Å². The Morgan fingerprint density at radius 2 is 1.96 bits per heavy atom. The maximum atomic E-state index is 12.8. The van der Waals surface area contributed by atoms with E-state index in [9.17, 15) is 14.4 Å². The molecule has 3 amide bonds. The van der Waals surface area contributed by atoms with Crippen molar-refractivity contribution in [1.29, 1.82) is 0 Å². The van der Waals surface area contributed by atoms with Gasteiger partial charge in [-0.2, -0.15) is 0 Å². The third kappa shape index (κ3) is 3.20. The molecule has 2 N–H and O–H groups in total. The third-order valence-corrected chi connectivity index (χ3v) is 6.18. The zero-order valence-corrected chi connectivity index (χ0v) is 16.3. The summed E-state index contributed by atoms with van der Waals surface area (Å²) in [7, 11) is 4.08. The number of fused-ring (bicyclic) bond motifs is 1. The van der Waals surface area contributed by atoms with Crippen LogP contribution in [-0.2, 0) is 16.1 Å². The molecule has 1 fully saturated rings. The Balaban J connectivity index is 1.54. The second-order valence-corrected chi connectivity index (χ2v) is 7.76. The van der Waals surface area contributed by atoms with Crippen molar-refractivity contribution >= 4 is 23.4 Å². The van der Waals surface area contributed by atoms with Crippen molar-refractivity contribution in [1.82, 2.24) is 15.5 Å². The van der Waals surface area contributed by atoms with Gasteiger partial charge in [-0.25, -0.2) is 0 Å². The molecule has 1 aromatic carbocycles. The number of amides is 3. The van der Waals surface area contributed by atoms with Crippen LogP contribution in [0.2, 0.25) is 0 Å². The maximum absolute atomic E-state index is 12.8. The first-order valence-electron chi connectivity index (χ1n) is 9.82. The Kier molecular flexibility index (Phi) is 4.93. The van der Waals surface area contributed by atoms with Crippen LogP contribution in [0, 0.1) is 0 Å². The number of anilines is 1. The zero-order valence-electron chi connectivity index (χ0n) is 16.3. The highest BCUT2D eigenvalue weighted by atomic mass is 16.2. The predicted molar refractivity (Wildman–Crippen MR) is 106 cm³/mol. The molecule has 1 aliphatic carbocycles. The molecule has 0 aromatic heterocycles. The Labute approximate surface area is 164 Å². The van der Waals surface area contributed by atoms with Crippen LogP contribution < -0.4 is 15.5 Å². The Morgan fingerprint density at radius 1 is 1.18 bits per heavy atom. The standard InChI is InChI=1S/C21H26N4O3/c1-22-16-5-3-4-6-17(16)24(2)14-7-8-15-13(11-14)12-25(21(15)28)18-9-10-19(26)23-20(18)27/h3-4,7-8,11,16-18,22H,5-6,9-10,12H2,1-2H3,(H,23,26,27)/t16-,17-,18?/m0/s1. The minimum atomic E-state index is -0.573. The highest BCUT2D eigenvalue weighted by Gasteiger charge is 2.39. The first-order chi connectivity index (χ1) is 13.5. The number of likely N-dealkylation sites (N-methyl/N-ethyl adjacent to an activating group) is 2.